The summed E-state index contributed by atoms with van der Waals surface area (Å²) in [6.45, 7) is 3.30. The van der Waals surface area contributed by atoms with Gasteiger partial charge in [-0.15, -0.1) is 5.10 Å². The van der Waals surface area contributed by atoms with Gasteiger partial charge in [0, 0.05) is 12.5 Å². The first-order valence-corrected chi connectivity index (χ1v) is 9.61. The van der Waals surface area contributed by atoms with Crippen LogP contribution in [0.3, 0.4) is 0 Å². The Morgan fingerprint density at radius 3 is 2.66 bits per heavy atom. The van der Waals surface area contributed by atoms with E-state index in [4.69, 9.17) is 9.47 Å². The van der Waals surface area contributed by atoms with Crippen LogP contribution in [0.5, 0.6) is 11.5 Å². The molecule has 2 aromatic heterocycles. The molecule has 0 spiro atoms. The van der Waals surface area contributed by atoms with E-state index in [1.54, 1.807) is 24.3 Å². The van der Waals surface area contributed by atoms with Gasteiger partial charge in [-0.1, -0.05) is 41.7 Å². The molecule has 146 valence electrons. The fraction of sp³-hybridized carbons (Fsp3) is 0.143. The number of aryl methyl sites for hydroxylation is 1. The van der Waals surface area contributed by atoms with Crippen molar-refractivity contribution in [2.45, 2.75) is 13.8 Å². The summed E-state index contributed by atoms with van der Waals surface area (Å²) in [5, 5.41) is 4.39. The fourth-order valence-corrected chi connectivity index (χ4v) is 3.84. The van der Waals surface area contributed by atoms with Crippen LogP contribution < -0.4 is 19.6 Å². The summed E-state index contributed by atoms with van der Waals surface area (Å²) in [6, 6.07) is 12.9. The van der Waals surface area contributed by atoms with Gasteiger partial charge in [0.05, 0.1) is 11.6 Å². The van der Waals surface area contributed by atoms with Gasteiger partial charge in [0.25, 0.3) is 5.56 Å². The summed E-state index contributed by atoms with van der Waals surface area (Å²) in [5.41, 5.74) is 2.45. The van der Waals surface area contributed by atoms with E-state index < -0.39 is 5.97 Å². The Hall–Kier alpha value is -3.52. The van der Waals surface area contributed by atoms with Crippen LogP contribution in [0.4, 0.5) is 0 Å². The lowest BCUT2D eigenvalue weighted by Crippen LogP contribution is -2.23. The minimum absolute atomic E-state index is 0.236. The van der Waals surface area contributed by atoms with E-state index >= 15 is 0 Å². The molecular formula is C21H17N3O4S. The minimum atomic E-state index is -0.433. The average Bonchev–Trinajstić information content (AvgIpc) is 3.22. The van der Waals surface area contributed by atoms with Crippen LogP contribution in [0.25, 0.3) is 22.4 Å². The van der Waals surface area contributed by atoms with Gasteiger partial charge in [-0.2, -0.15) is 9.50 Å². The molecule has 29 heavy (non-hydrogen) atoms. The first kappa shape index (κ1) is 18.8. The SMILES string of the molecule is COc1cc(C=c2sc3nc(-c4ccccc4C)nn3c2=O)ccc1OC(C)=O. The Morgan fingerprint density at radius 2 is 1.97 bits per heavy atom. The Kier molecular flexibility index (Phi) is 4.85. The quantitative estimate of drug-likeness (QED) is 0.382. The summed E-state index contributed by atoms with van der Waals surface area (Å²) < 4.78 is 12.2. The van der Waals surface area contributed by atoms with Crippen LogP contribution >= 0.6 is 11.3 Å². The van der Waals surface area contributed by atoms with Gasteiger partial charge in [0.15, 0.2) is 17.3 Å². The van der Waals surface area contributed by atoms with Gasteiger partial charge >= 0.3 is 5.97 Å². The molecule has 0 radical (unpaired) electrons. The number of fused-ring (bicyclic) bond motifs is 1. The molecule has 0 atom stereocenters. The monoisotopic (exact) mass is 407 g/mol. The maximum Gasteiger partial charge on any atom is 0.308 e. The van der Waals surface area contributed by atoms with E-state index in [9.17, 15) is 9.59 Å². The number of carbonyl (C=O) groups is 1. The zero-order valence-corrected chi connectivity index (χ0v) is 16.8. The molecule has 0 unspecified atom stereocenters. The Labute approximate surface area is 169 Å². The summed E-state index contributed by atoms with van der Waals surface area (Å²) in [6.07, 6.45) is 1.73. The fourth-order valence-electron chi connectivity index (χ4n) is 2.94. The molecule has 8 heteroatoms. The highest BCUT2D eigenvalue weighted by molar-refractivity contribution is 7.15. The molecule has 2 heterocycles. The van der Waals surface area contributed by atoms with E-state index in [0.29, 0.717) is 26.8 Å². The van der Waals surface area contributed by atoms with Crippen LogP contribution in [-0.4, -0.2) is 27.7 Å². The second-order valence-corrected chi connectivity index (χ2v) is 7.37. The van der Waals surface area contributed by atoms with Gasteiger partial charge in [-0.05, 0) is 36.3 Å². The van der Waals surface area contributed by atoms with Gasteiger partial charge in [0.2, 0.25) is 4.96 Å². The van der Waals surface area contributed by atoms with Crippen molar-refractivity contribution in [3.63, 3.8) is 0 Å². The number of hydrogen-bond donors (Lipinski definition) is 0. The molecule has 0 fully saturated rings. The molecule has 0 N–H and O–H groups in total. The summed E-state index contributed by atoms with van der Waals surface area (Å²) >= 11 is 1.26. The lowest BCUT2D eigenvalue weighted by Gasteiger charge is -2.08. The predicted molar refractivity (Wildman–Crippen MR) is 110 cm³/mol. The average molecular weight is 407 g/mol. The molecule has 2 aromatic carbocycles. The molecule has 7 nitrogen and oxygen atoms in total. The van der Waals surface area contributed by atoms with Crippen LogP contribution in [0.15, 0.2) is 47.3 Å². The van der Waals surface area contributed by atoms with E-state index in [1.807, 2.05) is 31.2 Å². The topological polar surface area (TPSA) is 82.8 Å². The number of rotatable bonds is 4. The second kappa shape index (κ2) is 7.48. The van der Waals surface area contributed by atoms with Crippen molar-refractivity contribution in [3.05, 3.63) is 68.5 Å². The molecule has 0 saturated carbocycles. The Balaban J connectivity index is 1.75. The van der Waals surface area contributed by atoms with Gasteiger partial charge in [-0.25, -0.2) is 0 Å². The molecular weight excluding hydrogens is 390 g/mol. The van der Waals surface area contributed by atoms with Crippen molar-refractivity contribution in [3.8, 4) is 22.9 Å². The third-order valence-corrected chi connectivity index (χ3v) is 5.27. The first-order valence-electron chi connectivity index (χ1n) is 8.80. The molecule has 0 saturated heterocycles. The summed E-state index contributed by atoms with van der Waals surface area (Å²) in [7, 11) is 1.49. The Bertz CT molecular complexity index is 1340. The molecule has 0 aliphatic carbocycles. The molecule has 0 aliphatic heterocycles. The highest BCUT2D eigenvalue weighted by Crippen LogP contribution is 2.28. The molecule has 0 amide bonds. The number of ether oxygens (including phenoxy) is 2. The lowest BCUT2D eigenvalue weighted by atomic mass is 10.1. The third kappa shape index (κ3) is 3.62. The lowest BCUT2D eigenvalue weighted by molar-refractivity contribution is -0.132. The molecule has 0 aliphatic rings. The molecule has 0 bridgehead atoms. The maximum atomic E-state index is 12.8. The number of methoxy groups -OCH3 is 1. The summed E-state index contributed by atoms with van der Waals surface area (Å²) in [5.74, 6) is 0.829. The van der Waals surface area contributed by atoms with E-state index in [1.165, 1.54) is 29.9 Å². The van der Waals surface area contributed by atoms with Gasteiger partial charge in [-0.3, -0.25) is 9.59 Å². The van der Waals surface area contributed by atoms with Crippen molar-refractivity contribution in [2.75, 3.05) is 7.11 Å². The smallest absolute Gasteiger partial charge is 0.308 e. The van der Waals surface area contributed by atoms with Crippen molar-refractivity contribution >= 4 is 28.3 Å². The van der Waals surface area contributed by atoms with Crippen molar-refractivity contribution in [2.24, 2.45) is 0 Å². The predicted octanol–water partition coefficient (Wildman–Crippen LogP) is 2.61. The zero-order valence-electron chi connectivity index (χ0n) is 16.0. The summed E-state index contributed by atoms with van der Waals surface area (Å²) in [4.78, 5) is 29.0. The number of nitrogens with zero attached hydrogens (tertiary/aromatic N) is 3. The zero-order chi connectivity index (χ0) is 20.5. The number of esters is 1. The highest BCUT2D eigenvalue weighted by Gasteiger charge is 2.13. The van der Waals surface area contributed by atoms with Crippen LogP contribution in [0, 0.1) is 6.92 Å². The maximum absolute atomic E-state index is 12.8. The number of aromatic nitrogens is 3. The third-order valence-electron chi connectivity index (χ3n) is 4.31. The number of hydrogen-bond acceptors (Lipinski definition) is 7. The normalized spacial score (nSPS) is 11.8. The van der Waals surface area contributed by atoms with E-state index in [2.05, 4.69) is 10.1 Å². The first-order chi connectivity index (χ1) is 14.0. The van der Waals surface area contributed by atoms with Crippen molar-refractivity contribution in [1.29, 1.82) is 0 Å². The number of carbonyl (C=O) groups excluding carboxylic acids is 1. The van der Waals surface area contributed by atoms with Gasteiger partial charge < -0.3 is 9.47 Å². The van der Waals surface area contributed by atoms with E-state index in [-0.39, 0.29) is 5.56 Å². The number of thiazole rings is 1. The van der Waals surface area contributed by atoms with Crippen LogP contribution in [-0.2, 0) is 4.79 Å². The molecule has 4 aromatic rings. The Morgan fingerprint density at radius 1 is 1.17 bits per heavy atom. The van der Waals surface area contributed by atoms with Crippen molar-refractivity contribution in [1.82, 2.24) is 14.6 Å². The van der Waals surface area contributed by atoms with Gasteiger partial charge in [0.1, 0.15) is 0 Å². The van der Waals surface area contributed by atoms with Crippen LogP contribution in [0.1, 0.15) is 18.1 Å². The standard InChI is InChI=1S/C21H17N3O4S/c1-12-6-4-5-7-15(12)19-22-21-24(23-19)20(26)18(29-21)11-14-8-9-16(28-13(2)25)17(10-14)27-3/h4-11H,1-3H3. The van der Waals surface area contributed by atoms with E-state index in [0.717, 1.165) is 16.7 Å². The number of benzene rings is 2. The molecule has 4 rings (SSSR count). The van der Waals surface area contributed by atoms with Crippen molar-refractivity contribution < 1.29 is 14.3 Å². The second-order valence-electron chi connectivity index (χ2n) is 6.36. The van der Waals surface area contributed by atoms with Crippen LogP contribution in [0.2, 0.25) is 0 Å². The minimum Gasteiger partial charge on any atom is -0.493 e. The largest absolute Gasteiger partial charge is 0.493 e. The highest BCUT2D eigenvalue weighted by atomic mass is 32.1.